The Morgan fingerprint density at radius 2 is 1.88 bits per heavy atom. The van der Waals surface area contributed by atoms with Crippen LogP contribution in [-0.4, -0.2) is 29.9 Å². The van der Waals surface area contributed by atoms with Crippen LogP contribution in [0, 0.1) is 0 Å². The number of hydrogen-bond acceptors (Lipinski definition) is 7. The second-order valence-corrected chi connectivity index (χ2v) is 7.37. The van der Waals surface area contributed by atoms with Gasteiger partial charge in [-0.05, 0) is 35.7 Å². The topological polar surface area (TPSA) is 108 Å². The number of ether oxygens (including phenoxy) is 2. The molecule has 164 valence electrons. The van der Waals surface area contributed by atoms with E-state index in [1.807, 2.05) is 0 Å². The predicted molar refractivity (Wildman–Crippen MR) is 118 cm³/mol. The van der Waals surface area contributed by atoms with Gasteiger partial charge in [-0.2, -0.15) is 0 Å². The smallest absolute Gasteiger partial charge is 0.343 e. The lowest BCUT2D eigenvalue weighted by Crippen LogP contribution is -2.27. The summed E-state index contributed by atoms with van der Waals surface area (Å²) in [6.45, 7) is 0. The number of esters is 1. The second-order valence-electron chi connectivity index (χ2n) is 7.37. The number of fused-ring (bicyclic) bond motifs is 2. The third-order valence-corrected chi connectivity index (χ3v) is 5.60. The number of hydrogen-bond donors (Lipinski definition) is 1. The maximum Gasteiger partial charge on any atom is 0.343 e. The van der Waals surface area contributed by atoms with Crippen molar-refractivity contribution in [3.05, 3.63) is 80.4 Å². The number of benzene rings is 2. The summed E-state index contributed by atoms with van der Waals surface area (Å²) in [5.74, 6) is -1.46. The first-order valence-corrected chi connectivity index (χ1v) is 9.85. The number of carbonyl (C=O) groups is 1. The maximum atomic E-state index is 13.3. The number of methoxy groups -OCH3 is 2. The zero-order chi connectivity index (χ0) is 23.0. The van der Waals surface area contributed by atoms with Gasteiger partial charge in [-0.25, -0.2) is 4.79 Å². The molecule has 0 aliphatic heterocycles. The number of pyridine rings is 1. The van der Waals surface area contributed by atoms with E-state index in [0.717, 1.165) is 0 Å². The van der Waals surface area contributed by atoms with Crippen molar-refractivity contribution in [2.45, 2.75) is 12.3 Å². The average Bonchev–Trinajstić information content (AvgIpc) is 2.80. The number of rotatable bonds is 5. The van der Waals surface area contributed by atoms with E-state index >= 15 is 0 Å². The predicted octanol–water partition coefficient (Wildman–Crippen LogP) is 3.05. The highest BCUT2D eigenvalue weighted by Gasteiger charge is 2.30. The van der Waals surface area contributed by atoms with Crippen LogP contribution in [0.2, 0.25) is 0 Å². The van der Waals surface area contributed by atoms with Crippen LogP contribution < -0.4 is 15.9 Å². The van der Waals surface area contributed by atoms with Crippen molar-refractivity contribution in [3.63, 3.8) is 0 Å². The lowest BCUT2D eigenvalue weighted by molar-refractivity contribution is -0.140. The van der Waals surface area contributed by atoms with Crippen LogP contribution in [0.4, 0.5) is 0 Å². The number of carbonyl (C=O) groups excluding carboxylic acids is 1. The minimum absolute atomic E-state index is 0.161. The summed E-state index contributed by atoms with van der Waals surface area (Å²) in [7, 11) is 4.33. The minimum atomic E-state index is -1.08. The van der Waals surface area contributed by atoms with Crippen molar-refractivity contribution < 1.29 is 23.8 Å². The lowest BCUT2D eigenvalue weighted by Gasteiger charge is -2.19. The molecule has 4 aromatic rings. The quantitative estimate of drug-likeness (QED) is 0.379. The monoisotopic (exact) mass is 435 g/mol. The molecule has 1 atom stereocenters. The number of nitrogens with zero attached hydrogens (tertiary/aromatic N) is 1. The lowest BCUT2D eigenvalue weighted by atomic mass is 9.88. The third-order valence-electron chi connectivity index (χ3n) is 5.60. The average molecular weight is 435 g/mol. The second kappa shape index (κ2) is 8.22. The zero-order valence-electron chi connectivity index (χ0n) is 17.7. The highest BCUT2D eigenvalue weighted by atomic mass is 16.5. The van der Waals surface area contributed by atoms with Crippen LogP contribution >= 0.6 is 0 Å². The van der Waals surface area contributed by atoms with Gasteiger partial charge in [-0.15, -0.1) is 0 Å². The van der Waals surface area contributed by atoms with Gasteiger partial charge >= 0.3 is 11.6 Å². The molecular formula is C24H21NO7. The van der Waals surface area contributed by atoms with E-state index in [4.69, 9.17) is 13.9 Å². The van der Waals surface area contributed by atoms with Gasteiger partial charge in [0, 0.05) is 24.6 Å². The molecule has 2 heterocycles. The van der Waals surface area contributed by atoms with Gasteiger partial charge < -0.3 is 23.6 Å². The van der Waals surface area contributed by atoms with E-state index in [0.29, 0.717) is 22.0 Å². The first kappa shape index (κ1) is 21.2. The standard InChI is InChI=1S/C24H21NO7/c1-25-18-11-14(30-2)9-8-13(18)10-17(23(25)28)16(12-20(26)31-3)21-22(27)15-6-4-5-7-19(15)32-24(21)29/h4-11,16,27H,12H2,1-3H3/t16-/m0/s1. The van der Waals surface area contributed by atoms with Crippen molar-refractivity contribution in [2.24, 2.45) is 7.05 Å². The summed E-state index contributed by atoms with van der Waals surface area (Å²) in [6.07, 6.45) is -0.329. The first-order valence-electron chi connectivity index (χ1n) is 9.85. The molecule has 8 nitrogen and oxygen atoms in total. The van der Waals surface area contributed by atoms with E-state index in [1.54, 1.807) is 55.6 Å². The number of aromatic hydroxyl groups is 1. The third kappa shape index (κ3) is 3.49. The Morgan fingerprint density at radius 3 is 2.59 bits per heavy atom. The molecule has 0 amide bonds. The largest absolute Gasteiger partial charge is 0.507 e. The molecule has 0 bridgehead atoms. The molecule has 4 rings (SSSR count). The van der Waals surface area contributed by atoms with Crippen molar-refractivity contribution in [2.75, 3.05) is 14.2 Å². The molecule has 2 aromatic heterocycles. The minimum Gasteiger partial charge on any atom is -0.507 e. The van der Waals surface area contributed by atoms with Gasteiger partial charge in [0.1, 0.15) is 17.1 Å². The van der Waals surface area contributed by atoms with Crippen molar-refractivity contribution in [1.29, 1.82) is 0 Å². The summed E-state index contributed by atoms with van der Waals surface area (Å²) in [4.78, 5) is 38.4. The Balaban J connectivity index is 2.02. The Morgan fingerprint density at radius 1 is 1.12 bits per heavy atom. The number of aryl methyl sites for hydroxylation is 1. The fourth-order valence-corrected chi connectivity index (χ4v) is 3.92. The van der Waals surface area contributed by atoms with Crippen LogP contribution in [0.25, 0.3) is 21.9 Å². The molecular weight excluding hydrogens is 414 g/mol. The van der Waals surface area contributed by atoms with E-state index < -0.39 is 23.1 Å². The summed E-state index contributed by atoms with van der Waals surface area (Å²) >= 11 is 0. The SMILES string of the molecule is COC(=O)C[C@H](c1c(O)c2ccccc2oc1=O)c1cc2ccc(OC)cc2n(C)c1=O. The van der Waals surface area contributed by atoms with Gasteiger partial charge in [0.2, 0.25) is 0 Å². The van der Waals surface area contributed by atoms with Crippen LogP contribution in [0.15, 0.2) is 62.5 Å². The molecule has 0 spiro atoms. The Kier molecular flexibility index (Phi) is 5.44. The van der Waals surface area contributed by atoms with Gasteiger partial charge in [0.25, 0.3) is 5.56 Å². The molecule has 0 saturated carbocycles. The number of aromatic nitrogens is 1. The Labute approximate surface area is 182 Å². The molecule has 0 aliphatic carbocycles. The highest BCUT2D eigenvalue weighted by molar-refractivity contribution is 5.85. The normalized spacial score (nSPS) is 12.1. The van der Waals surface area contributed by atoms with Crippen LogP contribution in [0.3, 0.4) is 0 Å². The molecule has 0 unspecified atom stereocenters. The van der Waals surface area contributed by atoms with Gasteiger partial charge in [-0.3, -0.25) is 9.59 Å². The Hall–Kier alpha value is -4.07. The fourth-order valence-electron chi connectivity index (χ4n) is 3.92. The van der Waals surface area contributed by atoms with Gasteiger partial charge in [-0.1, -0.05) is 12.1 Å². The van der Waals surface area contributed by atoms with Crippen molar-refractivity contribution >= 4 is 27.8 Å². The Bertz CT molecular complexity index is 1470. The molecule has 0 saturated heterocycles. The van der Waals surface area contributed by atoms with Crippen LogP contribution in [0.1, 0.15) is 23.5 Å². The van der Waals surface area contributed by atoms with E-state index in [1.165, 1.54) is 18.8 Å². The van der Waals surface area contributed by atoms with E-state index in [2.05, 4.69) is 0 Å². The first-order chi connectivity index (χ1) is 15.3. The summed E-state index contributed by atoms with van der Waals surface area (Å²) in [5, 5.41) is 12.0. The molecule has 8 heteroatoms. The molecule has 0 aliphatic rings. The van der Waals surface area contributed by atoms with E-state index in [-0.39, 0.29) is 28.9 Å². The van der Waals surface area contributed by atoms with Crippen LogP contribution in [0.5, 0.6) is 11.5 Å². The summed E-state index contributed by atoms with van der Waals surface area (Å²) in [5.41, 5.74) is -0.440. The maximum absolute atomic E-state index is 13.3. The fraction of sp³-hybridized carbons (Fsp3) is 0.208. The van der Waals surface area contributed by atoms with Crippen LogP contribution in [-0.2, 0) is 16.6 Å². The van der Waals surface area contributed by atoms with E-state index in [9.17, 15) is 19.5 Å². The highest BCUT2D eigenvalue weighted by Crippen LogP contribution is 2.36. The van der Waals surface area contributed by atoms with Crippen molar-refractivity contribution in [3.8, 4) is 11.5 Å². The van der Waals surface area contributed by atoms with Crippen molar-refractivity contribution in [1.82, 2.24) is 4.57 Å². The van der Waals surface area contributed by atoms with Gasteiger partial charge in [0.05, 0.1) is 37.1 Å². The molecule has 1 N–H and O–H groups in total. The molecule has 2 aromatic carbocycles. The summed E-state index contributed by atoms with van der Waals surface area (Å²) < 4.78 is 16.8. The number of para-hydroxylation sites is 1. The van der Waals surface area contributed by atoms with Gasteiger partial charge in [0.15, 0.2) is 0 Å². The molecule has 0 fully saturated rings. The molecule has 0 radical (unpaired) electrons. The zero-order valence-corrected chi connectivity index (χ0v) is 17.7. The molecule has 32 heavy (non-hydrogen) atoms. The summed E-state index contributed by atoms with van der Waals surface area (Å²) in [6, 6.07) is 13.3.